The molecule has 1 fully saturated rings. The largest absolute Gasteiger partial charge is 0.339 e. The number of aryl methyl sites for hydroxylation is 1. The fourth-order valence-electron chi connectivity index (χ4n) is 3.83. The third kappa shape index (κ3) is 4.82. The molecule has 0 bridgehead atoms. The number of para-hydroxylation sites is 1. The van der Waals surface area contributed by atoms with Crippen LogP contribution in [0.4, 0.5) is 5.69 Å². The maximum absolute atomic E-state index is 13.1. The van der Waals surface area contributed by atoms with Crippen molar-refractivity contribution < 1.29 is 18.0 Å². The number of carbonyl (C=O) groups excluding carboxylic acids is 2. The Hall–Kier alpha value is -2.42. The van der Waals surface area contributed by atoms with E-state index in [2.05, 4.69) is 5.32 Å². The van der Waals surface area contributed by atoms with E-state index in [1.807, 2.05) is 0 Å². The Kier molecular flexibility index (Phi) is 7.59. The van der Waals surface area contributed by atoms with Gasteiger partial charge >= 0.3 is 0 Å². The second-order valence-electron chi connectivity index (χ2n) is 7.68. The first-order chi connectivity index (χ1) is 15.2. The highest BCUT2D eigenvalue weighted by Gasteiger charge is 2.26. The van der Waals surface area contributed by atoms with E-state index in [4.69, 9.17) is 11.6 Å². The normalized spacial score (nSPS) is 14.1. The fourth-order valence-corrected chi connectivity index (χ4v) is 5.52. The average molecular weight is 478 g/mol. The lowest BCUT2D eigenvalue weighted by Gasteiger charge is -2.20. The predicted octanol–water partition coefficient (Wildman–Crippen LogP) is 4.17. The summed E-state index contributed by atoms with van der Waals surface area (Å²) in [6.45, 7) is 7.32. The van der Waals surface area contributed by atoms with Crippen LogP contribution in [0.2, 0.25) is 5.02 Å². The van der Waals surface area contributed by atoms with Crippen LogP contribution < -0.4 is 5.32 Å². The molecule has 3 rings (SSSR count). The third-order valence-corrected chi connectivity index (χ3v) is 8.04. The molecule has 172 valence electrons. The number of nitrogens with zero attached hydrogens (tertiary/aromatic N) is 2. The van der Waals surface area contributed by atoms with Gasteiger partial charge in [-0.25, -0.2) is 8.42 Å². The van der Waals surface area contributed by atoms with Gasteiger partial charge in [0.25, 0.3) is 11.8 Å². The van der Waals surface area contributed by atoms with Crippen molar-refractivity contribution >= 4 is 39.1 Å². The summed E-state index contributed by atoms with van der Waals surface area (Å²) >= 11 is 6.26. The maximum atomic E-state index is 13.1. The second-order valence-corrected chi connectivity index (χ2v) is 10.0. The number of hydrogen-bond acceptors (Lipinski definition) is 4. The zero-order valence-corrected chi connectivity index (χ0v) is 20.1. The molecule has 0 saturated carbocycles. The molecule has 0 aliphatic carbocycles. The van der Waals surface area contributed by atoms with E-state index in [9.17, 15) is 18.0 Å². The molecule has 1 N–H and O–H groups in total. The molecule has 2 aromatic carbocycles. The number of anilines is 1. The van der Waals surface area contributed by atoms with E-state index < -0.39 is 15.9 Å². The maximum Gasteiger partial charge on any atom is 0.257 e. The molecular weight excluding hydrogens is 450 g/mol. The molecule has 1 aliphatic heterocycles. The van der Waals surface area contributed by atoms with Crippen LogP contribution in [-0.4, -0.2) is 55.6 Å². The zero-order chi connectivity index (χ0) is 23.5. The van der Waals surface area contributed by atoms with Crippen LogP contribution in [0.15, 0.2) is 41.3 Å². The highest BCUT2D eigenvalue weighted by molar-refractivity contribution is 7.89. The van der Waals surface area contributed by atoms with E-state index in [-0.39, 0.29) is 21.4 Å². The van der Waals surface area contributed by atoms with Gasteiger partial charge in [0.2, 0.25) is 10.0 Å². The summed E-state index contributed by atoms with van der Waals surface area (Å²) in [7, 11) is -3.75. The van der Waals surface area contributed by atoms with E-state index in [1.54, 1.807) is 43.9 Å². The summed E-state index contributed by atoms with van der Waals surface area (Å²) in [6, 6.07) is 9.35. The Morgan fingerprint density at radius 2 is 1.72 bits per heavy atom. The zero-order valence-electron chi connectivity index (χ0n) is 18.5. The minimum Gasteiger partial charge on any atom is -0.339 e. The van der Waals surface area contributed by atoms with Crippen LogP contribution in [0, 0.1) is 6.92 Å². The average Bonchev–Trinajstić information content (AvgIpc) is 3.30. The van der Waals surface area contributed by atoms with Gasteiger partial charge in [-0.15, -0.1) is 0 Å². The number of carbonyl (C=O) groups is 2. The number of halogens is 1. The number of benzene rings is 2. The van der Waals surface area contributed by atoms with Crippen molar-refractivity contribution in [3.63, 3.8) is 0 Å². The van der Waals surface area contributed by atoms with E-state index in [0.29, 0.717) is 37.4 Å². The first-order valence-electron chi connectivity index (χ1n) is 10.7. The lowest BCUT2D eigenvalue weighted by molar-refractivity contribution is 0.0793. The molecule has 9 heteroatoms. The van der Waals surface area contributed by atoms with Gasteiger partial charge in [-0.05, 0) is 49.6 Å². The van der Waals surface area contributed by atoms with Gasteiger partial charge in [-0.2, -0.15) is 4.31 Å². The first kappa shape index (κ1) is 24.2. The van der Waals surface area contributed by atoms with Crippen molar-refractivity contribution in [3.05, 3.63) is 58.1 Å². The van der Waals surface area contributed by atoms with E-state index in [1.165, 1.54) is 22.5 Å². The van der Waals surface area contributed by atoms with Gasteiger partial charge in [0.05, 0.1) is 26.7 Å². The van der Waals surface area contributed by atoms with Gasteiger partial charge in [0, 0.05) is 26.2 Å². The Morgan fingerprint density at radius 3 is 2.34 bits per heavy atom. The highest BCUT2D eigenvalue weighted by atomic mass is 35.5. The van der Waals surface area contributed by atoms with Crippen LogP contribution in [0.25, 0.3) is 0 Å². The van der Waals surface area contributed by atoms with Crippen LogP contribution in [0.5, 0.6) is 0 Å². The van der Waals surface area contributed by atoms with Crippen molar-refractivity contribution in [1.29, 1.82) is 0 Å². The highest BCUT2D eigenvalue weighted by Crippen LogP contribution is 2.27. The Morgan fingerprint density at radius 1 is 1.06 bits per heavy atom. The van der Waals surface area contributed by atoms with Crippen molar-refractivity contribution in [2.45, 2.75) is 38.5 Å². The first-order valence-corrected chi connectivity index (χ1v) is 12.5. The quantitative estimate of drug-likeness (QED) is 0.648. The fraction of sp³-hybridized carbons (Fsp3) is 0.391. The van der Waals surface area contributed by atoms with Crippen molar-refractivity contribution in [2.75, 3.05) is 31.5 Å². The van der Waals surface area contributed by atoms with E-state index >= 15 is 0 Å². The molecule has 2 aromatic rings. The number of rotatable bonds is 7. The Labute approximate surface area is 194 Å². The van der Waals surface area contributed by atoms with Gasteiger partial charge in [-0.1, -0.05) is 37.6 Å². The summed E-state index contributed by atoms with van der Waals surface area (Å²) < 4.78 is 27.1. The summed E-state index contributed by atoms with van der Waals surface area (Å²) in [6.07, 6.45) is 1.92. The Bertz CT molecular complexity index is 1120. The molecule has 0 atom stereocenters. The second kappa shape index (κ2) is 10.0. The van der Waals surface area contributed by atoms with Crippen molar-refractivity contribution in [3.8, 4) is 0 Å². The molecule has 0 radical (unpaired) electrons. The minimum atomic E-state index is -3.75. The topological polar surface area (TPSA) is 86.8 Å². The summed E-state index contributed by atoms with van der Waals surface area (Å²) in [4.78, 5) is 27.9. The number of amides is 2. The molecule has 1 aliphatic rings. The Balaban J connectivity index is 1.96. The standard InChI is InChI=1S/C23H28ClN3O4S/c1-4-27(5-2)32(30,31)17-11-12-20(24)19(15-17)22(28)25-21-16(3)9-8-10-18(21)23(29)26-13-6-7-14-26/h8-12,15H,4-7,13-14H2,1-3H3,(H,25,28). The number of nitrogens with one attached hydrogen (secondary N) is 1. The SMILES string of the molecule is CCN(CC)S(=O)(=O)c1ccc(Cl)c(C(=O)Nc2c(C)cccc2C(=O)N2CCCC2)c1. The van der Waals surface area contributed by atoms with Crippen molar-refractivity contribution in [2.24, 2.45) is 0 Å². The van der Waals surface area contributed by atoms with Crippen LogP contribution in [0.3, 0.4) is 0 Å². The smallest absolute Gasteiger partial charge is 0.257 e. The molecule has 1 heterocycles. The van der Waals surface area contributed by atoms with E-state index in [0.717, 1.165) is 18.4 Å². The molecule has 1 saturated heterocycles. The van der Waals surface area contributed by atoms with Crippen LogP contribution in [0.1, 0.15) is 53.0 Å². The summed E-state index contributed by atoms with van der Waals surface area (Å²) in [5, 5.41) is 2.92. The number of likely N-dealkylation sites (tertiary alicyclic amines) is 1. The van der Waals surface area contributed by atoms with Crippen LogP contribution >= 0.6 is 11.6 Å². The van der Waals surface area contributed by atoms with Gasteiger partial charge in [0.15, 0.2) is 0 Å². The lowest BCUT2D eigenvalue weighted by Crippen LogP contribution is -2.31. The summed E-state index contributed by atoms with van der Waals surface area (Å²) in [5.41, 5.74) is 1.57. The molecule has 32 heavy (non-hydrogen) atoms. The minimum absolute atomic E-state index is 0.00565. The number of hydrogen-bond donors (Lipinski definition) is 1. The van der Waals surface area contributed by atoms with Gasteiger partial charge < -0.3 is 10.2 Å². The van der Waals surface area contributed by atoms with Gasteiger partial charge in [-0.3, -0.25) is 9.59 Å². The molecule has 2 amide bonds. The molecule has 7 nitrogen and oxygen atoms in total. The van der Waals surface area contributed by atoms with Crippen LogP contribution in [-0.2, 0) is 10.0 Å². The molecule has 0 aromatic heterocycles. The number of sulfonamides is 1. The lowest BCUT2D eigenvalue weighted by atomic mass is 10.1. The predicted molar refractivity (Wildman–Crippen MR) is 126 cm³/mol. The molecule has 0 spiro atoms. The van der Waals surface area contributed by atoms with Crippen molar-refractivity contribution in [1.82, 2.24) is 9.21 Å². The third-order valence-electron chi connectivity index (χ3n) is 5.66. The summed E-state index contributed by atoms with van der Waals surface area (Å²) in [5.74, 6) is -0.707. The molecule has 0 unspecified atom stereocenters. The molecular formula is C23H28ClN3O4S. The van der Waals surface area contributed by atoms with Gasteiger partial charge in [0.1, 0.15) is 0 Å². The monoisotopic (exact) mass is 477 g/mol.